The van der Waals surface area contributed by atoms with Gasteiger partial charge in [0.05, 0.1) is 0 Å². The van der Waals surface area contributed by atoms with Gasteiger partial charge in [-0.15, -0.1) is 0 Å². The second-order valence-electron chi connectivity index (χ2n) is 5.47. The van der Waals surface area contributed by atoms with Crippen molar-refractivity contribution in [3.05, 3.63) is 75.1 Å². The van der Waals surface area contributed by atoms with Crippen molar-refractivity contribution in [1.29, 1.82) is 0 Å². The van der Waals surface area contributed by atoms with Gasteiger partial charge in [0.1, 0.15) is 0 Å². The minimum atomic E-state index is -2.05. The molecule has 2 aromatic rings. The molecule has 0 atom stereocenters. The van der Waals surface area contributed by atoms with E-state index >= 15 is 0 Å². The van der Waals surface area contributed by atoms with Gasteiger partial charge in [-0.2, -0.15) is 0 Å². The van der Waals surface area contributed by atoms with E-state index in [2.05, 4.69) is 65.0 Å². The summed E-state index contributed by atoms with van der Waals surface area (Å²) in [6.45, 7) is 0. The van der Waals surface area contributed by atoms with Crippen molar-refractivity contribution in [1.82, 2.24) is 0 Å². The van der Waals surface area contributed by atoms with Crippen molar-refractivity contribution < 1.29 is 21.0 Å². The number of allylic oxidation sites excluding steroid dienone is 4. The van der Waals surface area contributed by atoms with Gasteiger partial charge < -0.3 is 0 Å². The molecule has 0 fully saturated rings. The topological polar surface area (TPSA) is 0 Å². The number of rotatable bonds is 2. The normalized spacial score (nSPS) is 14.9. The van der Waals surface area contributed by atoms with E-state index in [1.165, 1.54) is 16.7 Å². The van der Waals surface area contributed by atoms with Crippen molar-refractivity contribution in [2.45, 2.75) is 12.8 Å². The standard InChI is InChI=1S/C13H9.C5H5.CH2.Hf/c1-3-7-12-10(5-1)9-11-6-2-4-8-13(11)12;1-2-4-5-3-1;;/h1-5,7-8H,9H2;1-3H,4H2;1H2;. The van der Waals surface area contributed by atoms with Crippen molar-refractivity contribution in [2.75, 3.05) is 0 Å². The first-order valence-corrected chi connectivity index (χ1v) is 13.2. The van der Waals surface area contributed by atoms with Gasteiger partial charge in [-0.05, 0) is 0 Å². The molecule has 20 heavy (non-hydrogen) atoms. The molecule has 2 aliphatic rings. The summed E-state index contributed by atoms with van der Waals surface area (Å²) in [5.41, 5.74) is 5.93. The molecule has 0 aromatic heterocycles. The van der Waals surface area contributed by atoms with Gasteiger partial charge in [-0.25, -0.2) is 0 Å². The summed E-state index contributed by atoms with van der Waals surface area (Å²) < 4.78 is 7.88. The van der Waals surface area contributed by atoms with Gasteiger partial charge in [-0.3, -0.25) is 0 Å². The summed E-state index contributed by atoms with van der Waals surface area (Å²) in [7, 11) is 0. The molecule has 4 rings (SSSR count). The van der Waals surface area contributed by atoms with Crippen molar-refractivity contribution in [2.24, 2.45) is 0 Å². The van der Waals surface area contributed by atoms with Crippen LogP contribution in [0.4, 0.5) is 0 Å². The Balaban J connectivity index is 1.83. The van der Waals surface area contributed by atoms with Crippen molar-refractivity contribution in [3.8, 4) is 11.1 Å². The van der Waals surface area contributed by atoms with Crippen molar-refractivity contribution in [3.63, 3.8) is 0 Å². The molecule has 0 saturated carbocycles. The molecule has 1 heteroatoms. The molecule has 2 aromatic carbocycles. The Bertz CT molecular complexity index is 778. The summed E-state index contributed by atoms with van der Waals surface area (Å²) in [6, 6.07) is 15.7. The predicted molar refractivity (Wildman–Crippen MR) is 83.3 cm³/mol. The molecule has 0 bridgehead atoms. The van der Waals surface area contributed by atoms with Crippen LogP contribution in [0.25, 0.3) is 11.1 Å². The van der Waals surface area contributed by atoms with E-state index in [-0.39, 0.29) is 0 Å². The first-order chi connectivity index (χ1) is 9.84. The molecule has 0 heterocycles. The first-order valence-electron chi connectivity index (χ1n) is 7.10. The zero-order valence-corrected chi connectivity index (χ0v) is 15.0. The van der Waals surface area contributed by atoms with Gasteiger partial charge >= 0.3 is 128 Å². The second-order valence-corrected chi connectivity index (χ2v) is 13.1. The molecule has 0 aliphatic heterocycles. The van der Waals surface area contributed by atoms with Crippen LogP contribution in [0, 0.1) is 0 Å². The number of benzene rings is 2. The van der Waals surface area contributed by atoms with Gasteiger partial charge in [0.15, 0.2) is 0 Å². The zero-order valence-electron chi connectivity index (χ0n) is 11.4. The fourth-order valence-corrected chi connectivity index (χ4v) is 10.1. The minimum absolute atomic E-state index is 1.10. The van der Waals surface area contributed by atoms with Crippen molar-refractivity contribution >= 4 is 7.58 Å². The molecule has 0 N–H and O–H groups in total. The van der Waals surface area contributed by atoms with E-state index in [0.717, 1.165) is 12.8 Å². The third kappa shape index (κ3) is 1.88. The quantitative estimate of drug-likeness (QED) is 0.551. The van der Waals surface area contributed by atoms with Crippen LogP contribution in [0.15, 0.2) is 64.0 Å². The van der Waals surface area contributed by atoms with E-state index in [0.29, 0.717) is 0 Å². The van der Waals surface area contributed by atoms with Gasteiger partial charge in [0.2, 0.25) is 0 Å². The maximum atomic E-state index is 4.64. The Morgan fingerprint density at radius 1 is 0.950 bits per heavy atom. The number of fused-ring (bicyclic) bond motifs is 3. The Labute approximate surface area is 127 Å². The van der Waals surface area contributed by atoms with E-state index in [1.54, 1.807) is 12.2 Å². The summed E-state index contributed by atoms with van der Waals surface area (Å²) in [5, 5.41) is 0. The maximum absolute atomic E-state index is 4.64. The average molecular weight is 423 g/mol. The van der Waals surface area contributed by atoms with E-state index < -0.39 is 21.0 Å². The van der Waals surface area contributed by atoms with Gasteiger partial charge in [-0.1, -0.05) is 0 Å². The third-order valence-corrected chi connectivity index (χ3v) is 12.5. The molecule has 0 saturated heterocycles. The summed E-state index contributed by atoms with van der Waals surface area (Å²) in [5.74, 6) is 0. The Morgan fingerprint density at radius 2 is 1.80 bits per heavy atom. The fourth-order valence-electron chi connectivity index (χ4n) is 3.28. The SMILES string of the molecule is [CH2]=[Hf]([C]1=CC=CC1)[c]1cccc2c1Cc1ccccc1-2. The second kappa shape index (κ2) is 4.89. The molecular weight excluding hydrogens is 407 g/mol. The summed E-state index contributed by atoms with van der Waals surface area (Å²) in [6.07, 6.45) is 9.02. The molecule has 0 amide bonds. The molecule has 0 unspecified atom stereocenters. The molecule has 0 nitrogen and oxygen atoms in total. The van der Waals surface area contributed by atoms with Crippen LogP contribution < -0.4 is 3.32 Å². The first kappa shape index (κ1) is 12.4. The molecule has 96 valence electrons. The van der Waals surface area contributed by atoms with Gasteiger partial charge in [0.25, 0.3) is 0 Å². The Hall–Kier alpha value is -1.34. The van der Waals surface area contributed by atoms with Gasteiger partial charge in [0, 0.05) is 0 Å². The van der Waals surface area contributed by atoms with E-state index in [9.17, 15) is 0 Å². The number of hydrogen-bond acceptors (Lipinski definition) is 0. The monoisotopic (exact) mass is 424 g/mol. The molecule has 0 spiro atoms. The average Bonchev–Trinajstić information content (AvgIpc) is 3.13. The van der Waals surface area contributed by atoms with E-state index in [4.69, 9.17) is 0 Å². The Morgan fingerprint density at radius 3 is 2.65 bits per heavy atom. The molecule has 2 aliphatic carbocycles. The molecule has 0 radical (unpaired) electrons. The van der Waals surface area contributed by atoms with Crippen LogP contribution >= 0.6 is 0 Å². The van der Waals surface area contributed by atoms with Crippen LogP contribution in [0.5, 0.6) is 0 Å². The zero-order chi connectivity index (χ0) is 13.5. The number of hydrogen-bond donors (Lipinski definition) is 0. The van der Waals surface area contributed by atoms with Crippen LogP contribution in [0.1, 0.15) is 17.5 Å². The predicted octanol–water partition coefficient (Wildman–Crippen LogP) is 3.78. The fraction of sp³-hybridized carbons (Fsp3) is 0.105. The third-order valence-electron chi connectivity index (χ3n) is 4.33. The van der Waals surface area contributed by atoms with Crippen LogP contribution in [0.2, 0.25) is 0 Å². The van der Waals surface area contributed by atoms with Crippen LogP contribution in [-0.4, -0.2) is 4.26 Å². The Kier molecular flexibility index (Phi) is 3.03. The molecular formula is C19H16Hf. The summed E-state index contributed by atoms with van der Waals surface area (Å²) in [4.78, 5) is 0. The van der Waals surface area contributed by atoms with E-state index in [1.807, 2.05) is 0 Å². The summed E-state index contributed by atoms with van der Waals surface area (Å²) >= 11 is -2.05. The van der Waals surface area contributed by atoms with Crippen LogP contribution in [0.3, 0.4) is 0 Å². The van der Waals surface area contributed by atoms with Crippen LogP contribution in [-0.2, 0) is 27.4 Å².